The van der Waals surface area contributed by atoms with E-state index in [0.29, 0.717) is 12.8 Å². The summed E-state index contributed by atoms with van der Waals surface area (Å²) in [7, 11) is -3.58. The molecule has 0 aromatic carbocycles. The van der Waals surface area contributed by atoms with E-state index in [4.69, 9.17) is 0 Å². The normalized spacial score (nSPS) is 23.5. The van der Waals surface area contributed by atoms with Crippen molar-refractivity contribution in [1.29, 1.82) is 0 Å². The Hall–Kier alpha value is -1.41. The van der Waals surface area contributed by atoms with Crippen molar-refractivity contribution in [2.24, 2.45) is 0 Å². The van der Waals surface area contributed by atoms with Crippen LogP contribution in [-0.2, 0) is 10.0 Å². The molecule has 1 aromatic heterocycles. The van der Waals surface area contributed by atoms with Gasteiger partial charge in [-0.2, -0.15) is 5.10 Å². The Morgan fingerprint density at radius 2 is 2.05 bits per heavy atom. The molecule has 1 saturated heterocycles. The quantitative estimate of drug-likeness (QED) is 0.854. The van der Waals surface area contributed by atoms with Crippen molar-refractivity contribution in [1.82, 2.24) is 19.8 Å². The third kappa shape index (κ3) is 3.33. The van der Waals surface area contributed by atoms with Crippen LogP contribution in [0.1, 0.15) is 55.1 Å². The van der Waals surface area contributed by atoms with Gasteiger partial charge < -0.3 is 5.32 Å². The van der Waals surface area contributed by atoms with Gasteiger partial charge in [-0.15, -0.1) is 0 Å². The lowest BCUT2D eigenvalue weighted by Gasteiger charge is -2.22. The van der Waals surface area contributed by atoms with Crippen LogP contribution in [0.3, 0.4) is 0 Å². The van der Waals surface area contributed by atoms with Crippen LogP contribution in [0.2, 0.25) is 0 Å². The minimum Gasteiger partial charge on any atom is -0.315 e. The van der Waals surface area contributed by atoms with Gasteiger partial charge in [0.1, 0.15) is 0 Å². The SMILES string of the molecule is O=C(NS(=O)(=O)C1CCCC1)c1ccn(C2CCCNC2)n1. The monoisotopic (exact) mass is 326 g/mol. The summed E-state index contributed by atoms with van der Waals surface area (Å²) in [4.78, 5) is 12.1. The molecule has 2 N–H and O–H groups in total. The highest BCUT2D eigenvalue weighted by Gasteiger charge is 2.31. The minimum atomic E-state index is -3.58. The average molecular weight is 326 g/mol. The summed E-state index contributed by atoms with van der Waals surface area (Å²) in [5, 5.41) is 7.09. The summed E-state index contributed by atoms with van der Waals surface area (Å²) < 4.78 is 28.2. The molecule has 2 aliphatic rings. The lowest BCUT2D eigenvalue weighted by molar-refractivity contribution is 0.0975. The van der Waals surface area contributed by atoms with E-state index in [-0.39, 0.29) is 11.7 Å². The molecule has 1 atom stereocenters. The number of carbonyl (C=O) groups excluding carboxylic acids is 1. The molecule has 1 saturated carbocycles. The van der Waals surface area contributed by atoms with Gasteiger partial charge in [0.25, 0.3) is 5.91 Å². The lowest BCUT2D eigenvalue weighted by Crippen LogP contribution is -2.37. The minimum absolute atomic E-state index is 0.159. The molecule has 7 nitrogen and oxygen atoms in total. The first kappa shape index (κ1) is 15.5. The molecule has 0 bridgehead atoms. The van der Waals surface area contributed by atoms with Gasteiger partial charge in [0, 0.05) is 12.7 Å². The first-order valence-corrected chi connectivity index (χ1v) is 9.43. The summed E-state index contributed by atoms with van der Waals surface area (Å²) in [5.41, 5.74) is 0.159. The van der Waals surface area contributed by atoms with E-state index in [0.717, 1.165) is 38.8 Å². The van der Waals surface area contributed by atoms with Crippen molar-refractivity contribution in [3.8, 4) is 0 Å². The fourth-order valence-electron chi connectivity index (χ4n) is 3.19. The van der Waals surface area contributed by atoms with Crippen molar-refractivity contribution in [2.45, 2.75) is 49.8 Å². The van der Waals surface area contributed by atoms with Crippen molar-refractivity contribution in [3.63, 3.8) is 0 Å². The number of rotatable bonds is 4. The topological polar surface area (TPSA) is 93.1 Å². The van der Waals surface area contributed by atoms with Crippen LogP contribution in [0, 0.1) is 0 Å². The van der Waals surface area contributed by atoms with E-state index >= 15 is 0 Å². The molecular formula is C14H22N4O3S. The zero-order chi connectivity index (χ0) is 15.6. The van der Waals surface area contributed by atoms with Gasteiger partial charge in [0.05, 0.1) is 11.3 Å². The molecule has 122 valence electrons. The fraction of sp³-hybridized carbons (Fsp3) is 0.714. The summed E-state index contributed by atoms with van der Waals surface area (Å²) in [6.45, 7) is 1.83. The van der Waals surface area contributed by atoms with Crippen LogP contribution < -0.4 is 10.0 Å². The van der Waals surface area contributed by atoms with Crippen LogP contribution in [0.25, 0.3) is 0 Å². The predicted octanol–water partition coefficient (Wildman–Crippen LogP) is 0.810. The highest BCUT2D eigenvalue weighted by Crippen LogP contribution is 2.24. The van der Waals surface area contributed by atoms with Gasteiger partial charge in [-0.1, -0.05) is 12.8 Å². The number of amides is 1. The second-order valence-electron chi connectivity index (χ2n) is 6.06. The number of aromatic nitrogens is 2. The average Bonchev–Trinajstić information content (AvgIpc) is 3.20. The predicted molar refractivity (Wildman–Crippen MR) is 82.0 cm³/mol. The van der Waals surface area contributed by atoms with Gasteiger partial charge in [0.15, 0.2) is 5.69 Å². The number of sulfonamides is 1. The molecule has 1 amide bonds. The highest BCUT2D eigenvalue weighted by molar-refractivity contribution is 7.90. The molecule has 2 heterocycles. The van der Waals surface area contributed by atoms with Gasteiger partial charge in [-0.25, -0.2) is 13.1 Å². The number of hydrogen-bond donors (Lipinski definition) is 2. The Labute approximate surface area is 130 Å². The van der Waals surface area contributed by atoms with Gasteiger partial charge in [0.2, 0.25) is 10.0 Å². The molecule has 0 radical (unpaired) electrons. The summed E-state index contributed by atoms with van der Waals surface area (Å²) in [5.74, 6) is -0.630. The standard InChI is InChI=1S/C14H22N4O3S/c19-14(17-22(20,21)12-5-1-2-6-12)13-7-9-18(16-13)11-4-3-8-15-10-11/h7,9,11-12,15H,1-6,8,10H2,(H,17,19). The Balaban J connectivity index is 1.66. The molecule has 22 heavy (non-hydrogen) atoms. The maximum absolute atomic E-state index is 12.1. The van der Waals surface area contributed by atoms with Crippen molar-refractivity contribution in [2.75, 3.05) is 13.1 Å². The van der Waals surface area contributed by atoms with Crippen molar-refractivity contribution in [3.05, 3.63) is 18.0 Å². The van der Waals surface area contributed by atoms with Crippen LogP contribution in [0.4, 0.5) is 0 Å². The molecule has 1 aliphatic heterocycles. The largest absolute Gasteiger partial charge is 0.315 e. The zero-order valence-corrected chi connectivity index (χ0v) is 13.3. The van der Waals surface area contributed by atoms with Crippen molar-refractivity contribution >= 4 is 15.9 Å². The Bertz CT molecular complexity index is 628. The lowest BCUT2D eigenvalue weighted by atomic mass is 10.1. The fourth-order valence-corrected chi connectivity index (χ4v) is 4.67. The van der Waals surface area contributed by atoms with Crippen LogP contribution in [0.5, 0.6) is 0 Å². The maximum atomic E-state index is 12.1. The molecular weight excluding hydrogens is 304 g/mol. The highest BCUT2D eigenvalue weighted by atomic mass is 32.2. The van der Waals surface area contributed by atoms with Gasteiger partial charge in [-0.3, -0.25) is 9.48 Å². The Morgan fingerprint density at radius 3 is 2.73 bits per heavy atom. The summed E-state index contributed by atoms with van der Waals surface area (Å²) in [6, 6.07) is 1.80. The first-order chi connectivity index (χ1) is 10.6. The van der Waals surface area contributed by atoms with E-state index in [1.807, 2.05) is 0 Å². The Morgan fingerprint density at radius 1 is 1.27 bits per heavy atom. The number of hydrogen-bond acceptors (Lipinski definition) is 5. The van der Waals surface area contributed by atoms with Crippen LogP contribution in [-0.4, -0.2) is 42.4 Å². The molecule has 1 aliphatic carbocycles. The third-order valence-electron chi connectivity index (χ3n) is 4.46. The Kier molecular flexibility index (Phi) is 4.49. The van der Waals surface area contributed by atoms with E-state index in [1.54, 1.807) is 16.9 Å². The van der Waals surface area contributed by atoms with E-state index in [1.165, 1.54) is 0 Å². The van der Waals surface area contributed by atoms with Crippen molar-refractivity contribution < 1.29 is 13.2 Å². The van der Waals surface area contributed by atoms with Gasteiger partial charge >= 0.3 is 0 Å². The summed E-state index contributed by atoms with van der Waals surface area (Å²) >= 11 is 0. The summed E-state index contributed by atoms with van der Waals surface area (Å²) in [6.07, 6.45) is 6.90. The van der Waals surface area contributed by atoms with Crippen LogP contribution in [0.15, 0.2) is 12.3 Å². The molecule has 2 fully saturated rings. The van der Waals surface area contributed by atoms with E-state index in [9.17, 15) is 13.2 Å². The number of nitrogens with zero attached hydrogens (tertiary/aromatic N) is 2. The third-order valence-corrected chi connectivity index (χ3v) is 6.28. The number of nitrogens with one attached hydrogen (secondary N) is 2. The van der Waals surface area contributed by atoms with E-state index in [2.05, 4.69) is 15.1 Å². The second-order valence-corrected chi connectivity index (χ2v) is 8.02. The second kappa shape index (κ2) is 6.37. The van der Waals surface area contributed by atoms with E-state index < -0.39 is 21.2 Å². The van der Waals surface area contributed by atoms with Crippen LogP contribution >= 0.6 is 0 Å². The molecule has 1 aromatic rings. The number of carbonyl (C=O) groups is 1. The molecule has 3 rings (SSSR count). The maximum Gasteiger partial charge on any atom is 0.285 e. The molecule has 0 spiro atoms. The smallest absolute Gasteiger partial charge is 0.285 e. The zero-order valence-electron chi connectivity index (χ0n) is 12.5. The van der Waals surface area contributed by atoms with Gasteiger partial charge in [-0.05, 0) is 38.3 Å². The number of piperidine rings is 1. The molecule has 1 unspecified atom stereocenters. The first-order valence-electron chi connectivity index (χ1n) is 7.88. The molecule has 8 heteroatoms.